The van der Waals surface area contributed by atoms with Gasteiger partial charge >= 0.3 is 0 Å². The van der Waals surface area contributed by atoms with Gasteiger partial charge in [0, 0.05) is 12.0 Å². The smallest absolute Gasteiger partial charge is 0.0656 e. The molecule has 2 heteroatoms. The summed E-state index contributed by atoms with van der Waals surface area (Å²) in [5.74, 6) is 0.671. The first-order valence-electron chi connectivity index (χ1n) is 2.91. The van der Waals surface area contributed by atoms with E-state index in [0.29, 0.717) is 12.0 Å². The molecule has 2 N–H and O–H groups in total. The Bertz CT molecular complexity index is 125. The van der Waals surface area contributed by atoms with Crippen molar-refractivity contribution in [3.05, 3.63) is 0 Å². The van der Waals surface area contributed by atoms with E-state index in [1.54, 1.807) is 0 Å². The lowest BCUT2D eigenvalue weighted by atomic mass is 10.1. The van der Waals surface area contributed by atoms with E-state index in [9.17, 15) is 0 Å². The lowest BCUT2D eigenvalue weighted by Crippen LogP contribution is -2.06. The molecule has 0 aromatic rings. The summed E-state index contributed by atoms with van der Waals surface area (Å²) in [4.78, 5) is 0. The highest BCUT2D eigenvalue weighted by Crippen LogP contribution is 2.34. The van der Waals surface area contributed by atoms with E-state index in [1.807, 2.05) is 6.92 Å². The second-order valence-electron chi connectivity index (χ2n) is 2.48. The van der Waals surface area contributed by atoms with Gasteiger partial charge in [-0.05, 0) is 19.3 Å². The molecule has 1 saturated carbocycles. The standard InChI is InChI=1S/C6H10N2/c1-4(3-7)5-2-6(5)8/h4-6H,2,8H2,1H3. The van der Waals surface area contributed by atoms with Crippen LogP contribution in [0.4, 0.5) is 0 Å². The van der Waals surface area contributed by atoms with Crippen LogP contribution >= 0.6 is 0 Å². The zero-order valence-electron chi connectivity index (χ0n) is 4.96. The lowest BCUT2D eigenvalue weighted by Gasteiger charge is -1.93. The van der Waals surface area contributed by atoms with Crippen LogP contribution in [-0.4, -0.2) is 6.04 Å². The Balaban J connectivity index is 2.31. The third-order valence-corrected chi connectivity index (χ3v) is 1.74. The molecule has 0 saturated heterocycles. The first-order valence-corrected chi connectivity index (χ1v) is 2.91. The molecule has 0 radical (unpaired) electrons. The molecule has 0 aliphatic heterocycles. The number of rotatable bonds is 1. The summed E-state index contributed by atoms with van der Waals surface area (Å²) in [6.07, 6.45) is 1.05. The molecule has 0 aromatic heterocycles. The van der Waals surface area contributed by atoms with Gasteiger partial charge in [0.1, 0.15) is 0 Å². The number of nitrogens with two attached hydrogens (primary N) is 1. The molecule has 1 fully saturated rings. The van der Waals surface area contributed by atoms with Crippen LogP contribution in [0.25, 0.3) is 0 Å². The maximum Gasteiger partial charge on any atom is 0.0656 e. The monoisotopic (exact) mass is 110 g/mol. The van der Waals surface area contributed by atoms with Crippen LogP contribution in [0.3, 0.4) is 0 Å². The van der Waals surface area contributed by atoms with Crippen LogP contribution in [0.1, 0.15) is 13.3 Å². The largest absolute Gasteiger partial charge is 0.327 e. The summed E-state index contributed by atoms with van der Waals surface area (Å²) in [6, 6.07) is 2.50. The molecular weight excluding hydrogens is 100 g/mol. The highest BCUT2D eigenvalue weighted by Gasteiger charge is 2.37. The highest BCUT2D eigenvalue weighted by atomic mass is 14.7. The van der Waals surface area contributed by atoms with Crippen molar-refractivity contribution in [3.8, 4) is 6.07 Å². The van der Waals surface area contributed by atoms with Crippen LogP contribution in [0.5, 0.6) is 0 Å². The minimum Gasteiger partial charge on any atom is -0.327 e. The topological polar surface area (TPSA) is 49.8 Å². The van der Waals surface area contributed by atoms with Crippen LogP contribution in [0.15, 0.2) is 0 Å². The minimum absolute atomic E-state index is 0.171. The van der Waals surface area contributed by atoms with Crippen molar-refractivity contribution in [3.63, 3.8) is 0 Å². The van der Waals surface area contributed by atoms with Gasteiger partial charge in [0.15, 0.2) is 0 Å². The van der Waals surface area contributed by atoms with Gasteiger partial charge in [-0.1, -0.05) is 0 Å². The van der Waals surface area contributed by atoms with E-state index in [4.69, 9.17) is 11.0 Å². The van der Waals surface area contributed by atoms with E-state index in [-0.39, 0.29) is 5.92 Å². The van der Waals surface area contributed by atoms with Gasteiger partial charge in [-0.25, -0.2) is 0 Å². The van der Waals surface area contributed by atoms with Crippen LogP contribution in [0.2, 0.25) is 0 Å². The molecule has 1 aliphatic rings. The van der Waals surface area contributed by atoms with Crippen molar-refractivity contribution in [2.45, 2.75) is 19.4 Å². The maximum atomic E-state index is 8.36. The SMILES string of the molecule is CC(C#N)C1CC1N. The molecule has 0 bridgehead atoms. The van der Waals surface area contributed by atoms with E-state index in [2.05, 4.69) is 6.07 Å². The van der Waals surface area contributed by atoms with Gasteiger partial charge in [0.2, 0.25) is 0 Å². The number of hydrogen-bond donors (Lipinski definition) is 1. The van der Waals surface area contributed by atoms with Crippen LogP contribution < -0.4 is 5.73 Å². The molecule has 3 unspecified atom stereocenters. The average molecular weight is 110 g/mol. The number of hydrogen-bond acceptors (Lipinski definition) is 2. The normalized spacial score (nSPS) is 38.1. The highest BCUT2D eigenvalue weighted by molar-refractivity contribution is 5.00. The van der Waals surface area contributed by atoms with E-state index in [1.165, 1.54) is 0 Å². The zero-order chi connectivity index (χ0) is 6.15. The van der Waals surface area contributed by atoms with Crippen molar-refractivity contribution in [1.29, 1.82) is 5.26 Å². The summed E-state index contributed by atoms with van der Waals surface area (Å²) in [5, 5.41) is 8.36. The summed E-state index contributed by atoms with van der Waals surface area (Å²) < 4.78 is 0. The second kappa shape index (κ2) is 1.75. The molecule has 44 valence electrons. The Morgan fingerprint density at radius 3 is 2.50 bits per heavy atom. The quantitative estimate of drug-likeness (QED) is 0.534. The third kappa shape index (κ3) is 0.823. The fourth-order valence-electron chi connectivity index (χ4n) is 0.906. The molecule has 1 aliphatic carbocycles. The Labute approximate surface area is 49.3 Å². The minimum atomic E-state index is 0.171. The molecule has 1 rings (SSSR count). The van der Waals surface area contributed by atoms with Gasteiger partial charge in [0.25, 0.3) is 0 Å². The fourth-order valence-corrected chi connectivity index (χ4v) is 0.906. The van der Waals surface area contributed by atoms with Crippen molar-refractivity contribution in [2.24, 2.45) is 17.6 Å². The van der Waals surface area contributed by atoms with E-state index < -0.39 is 0 Å². The zero-order valence-corrected chi connectivity index (χ0v) is 4.96. The lowest BCUT2D eigenvalue weighted by molar-refractivity contribution is 0.620. The fraction of sp³-hybridized carbons (Fsp3) is 0.833. The first-order chi connectivity index (χ1) is 3.75. The van der Waals surface area contributed by atoms with Gasteiger partial charge < -0.3 is 5.73 Å². The first kappa shape index (κ1) is 5.58. The molecule has 0 aromatic carbocycles. The predicted octanol–water partition coefficient (Wildman–Crippen LogP) is 0.493. The Morgan fingerprint density at radius 2 is 2.38 bits per heavy atom. The van der Waals surface area contributed by atoms with Gasteiger partial charge in [-0.3, -0.25) is 0 Å². The Hall–Kier alpha value is -0.550. The number of nitrogens with zero attached hydrogens (tertiary/aromatic N) is 1. The molecular formula is C6H10N2. The molecule has 0 heterocycles. The van der Waals surface area contributed by atoms with E-state index in [0.717, 1.165) is 6.42 Å². The maximum absolute atomic E-state index is 8.36. The predicted molar refractivity (Wildman–Crippen MR) is 30.9 cm³/mol. The van der Waals surface area contributed by atoms with Gasteiger partial charge in [-0.15, -0.1) is 0 Å². The molecule has 2 nitrogen and oxygen atoms in total. The molecule has 8 heavy (non-hydrogen) atoms. The summed E-state index contributed by atoms with van der Waals surface area (Å²) in [5.41, 5.74) is 5.49. The average Bonchev–Trinajstić information content (AvgIpc) is 2.45. The van der Waals surface area contributed by atoms with Crippen LogP contribution in [0, 0.1) is 23.2 Å². The third-order valence-electron chi connectivity index (χ3n) is 1.74. The summed E-state index contributed by atoms with van der Waals surface area (Å²) >= 11 is 0. The van der Waals surface area contributed by atoms with Crippen molar-refractivity contribution >= 4 is 0 Å². The molecule has 3 atom stereocenters. The van der Waals surface area contributed by atoms with Crippen molar-refractivity contribution < 1.29 is 0 Å². The van der Waals surface area contributed by atoms with Gasteiger partial charge in [-0.2, -0.15) is 5.26 Å². The van der Waals surface area contributed by atoms with Crippen molar-refractivity contribution in [2.75, 3.05) is 0 Å². The molecule has 0 spiro atoms. The van der Waals surface area contributed by atoms with E-state index >= 15 is 0 Å². The summed E-state index contributed by atoms with van der Waals surface area (Å²) in [6.45, 7) is 1.93. The van der Waals surface area contributed by atoms with Gasteiger partial charge in [0.05, 0.1) is 6.07 Å². The Morgan fingerprint density at radius 1 is 1.88 bits per heavy atom. The summed E-state index contributed by atoms with van der Waals surface area (Å²) in [7, 11) is 0. The second-order valence-corrected chi connectivity index (χ2v) is 2.48. The Kier molecular flexibility index (Phi) is 1.22. The van der Waals surface area contributed by atoms with Crippen molar-refractivity contribution in [1.82, 2.24) is 0 Å². The van der Waals surface area contributed by atoms with Crippen LogP contribution in [-0.2, 0) is 0 Å². The number of nitriles is 1. The molecule has 0 amide bonds.